The van der Waals surface area contributed by atoms with Gasteiger partial charge in [0.2, 0.25) is 5.95 Å². The molecule has 2 heterocycles. The summed E-state index contributed by atoms with van der Waals surface area (Å²) in [4.78, 5) is 21.5. The summed E-state index contributed by atoms with van der Waals surface area (Å²) < 4.78 is 5.27. The second-order valence-corrected chi connectivity index (χ2v) is 4.93. The van der Waals surface area contributed by atoms with Crippen molar-refractivity contribution in [3.05, 3.63) is 18.0 Å². The molecular formula is C13H20N4O4. The molecular weight excluding hydrogens is 276 g/mol. The molecule has 0 aliphatic carbocycles. The minimum Gasteiger partial charge on any atom is -0.480 e. The van der Waals surface area contributed by atoms with E-state index in [4.69, 9.17) is 9.84 Å². The van der Waals surface area contributed by atoms with Gasteiger partial charge in [-0.15, -0.1) is 0 Å². The van der Waals surface area contributed by atoms with Crippen molar-refractivity contribution in [2.24, 2.45) is 0 Å². The summed E-state index contributed by atoms with van der Waals surface area (Å²) in [6.07, 6.45) is 2.34. The van der Waals surface area contributed by atoms with Gasteiger partial charge in [0, 0.05) is 37.6 Å². The molecule has 3 N–H and O–H groups in total. The van der Waals surface area contributed by atoms with Gasteiger partial charge in [-0.2, -0.15) is 0 Å². The Hall–Kier alpha value is -1.77. The molecule has 1 fully saturated rings. The number of nitrogens with one attached hydrogen (secondary N) is 1. The average Bonchev–Trinajstić information content (AvgIpc) is 2.48. The van der Waals surface area contributed by atoms with Crippen LogP contribution in [0.25, 0.3) is 0 Å². The standard InChI is InChI=1S/C13H20N4O4/c1-9(18)11(12(19)20)14-6-10-7-15-13(16-8-10)17-2-4-21-5-3-17/h7-9,11,14,18H,2-6H2,1H3,(H,19,20). The second-order valence-electron chi connectivity index (χ2n) is 4.93. The molecule has 0 saturated carbocycles. The predicted molar refractivity (Wildman–Crippen MR) is 75.0 cm³/mol. The number of aliphatic carboxylic acids is 1. The lowest BCUT2D eigenvalue weighted by Crippen LogP contribution is -2.44. The Morgan fingerprint density at radius 2 is 2.05 bits per heavy atom. The van der Waals surface area contributed by atoms with Gasteiger partial charge in [-0.3, -0.25) is 10.1 Å². The number of nitrogens with zero attached hydrogens (tertiary/aromatic N) is 3. The highest BCUT2D eigenvalue weighted by Crippen LogP contribution is 2.09. The number of hydrogen-bond donors (Lipinski definition) is 3. The first-order chi connectivity index (χ1) is 10.1. The Kier molecular flexibility index (Phi) is 5.43. The smallest absolute Gasteiger partial charge is 0.323 e. The lowest BCUT2D eigenvalue weighted by atomic mass is 10.2. The first-order valence-corrected chi connectivity index (χ1v) is 6.86. The lowest BCUT2D eigenvalue weighted by molar-refractivity contribution is -0.142. The number of aliphatic hydroxyl groups is 1. The van der Waals surface area contributed by atoms with Crippen LogP contribution >= 0.6 is 0 Å². The fourth-order valence-electron chi connectivity index (χ4n) is 2.06. The monoisotopic (exact) mass is 296 g/mol. The number of carbonyl (C=O) groups is 1. The number of rotatable bonds is 6. The van der Waals surface area contributed by atoms with Gasteiger partial charge in [-0.1, -0.05) is 0 Å². The molecule has 0 bridgehead atoms. The molecule has 2 atom stereocenters. The van der Waals surface area contributed by atoms with Crippen molar-refractivity contribution < 1.29 is 19.7 Å². The van der Waals surface area contributed by atoms with E-state index in [2.05, 4.69) is 15.3 Å². The number of aromatic nitrogens is 2. The van der Waals surface area contributed by atoms with Gasteiger partial charge in [-0.25, -0.2) is 9.97 Å². The van der Waals surface area contributed by atoms with Gasteiger partial charge in [0.15, 0.2) is 0 Å². The highest BCUT2D eigenvalue weighted by molar-refractivity contribution is 5.74. The number of morpholine rings is 1. The zero-order chi connectivity index (χ0) is 15.2. The van der Waals surface area contributed by atoms with Crippen LogP contribution in [0.1, 0.15) is 12.5 Å². The van der Waals surface area contributed by atoms with Crippen LogP contribution in [0, 0.1) is 0 Å². The number of anilines is 1. The van der Waals surface area contributed by atoms with Gasteiger partial charge in [0.1, 0.15) is 6.04 Å². The van der Waals surface area contributed by atoms with Gasteiger partial charge in [0.05, 0.1) is 19.3 Å². The third-order valence-electron chi connectivity index (χ3n) is 3.26. The van der Waals surface area contributed by atoms with Crippen molar-refractivity contribution in [2.45, 2.75) is 25.6 Å². The molecule has 0 aromatic carbocycles. The molecule has 0 amide bonds. The normalized spacial score (nSPS) is 18.3. The van der Waals surface area contributed by atoms with E-state index in [9.17, 15) is 9.90 Å². The lowest BCUT2D eigenvalue weighted by Gasteiger charge is -2.26. The summed E-state index contributed by atoms with van der Waals surface area (Å²) in [5, 5.41) is 21.1. The Balaban J connectivity index is 1.91. The first kappa shape index (κ1) is 15.6. The Bertz CT molecular complexity index is 460. The van der Waals surface area contributed by atoms with Gasteiger partial charge in [-0.05, 0) is 6.92 Å². The first-order valence-electron chi connectivity index (χ1n) is 6.86. The summed E-state index contributed by atoms with van der Waals surface area (Å²) in [6, 6.07) is -1.01. The third-order valence-corrected chi connectivity index (χ3v) is 3.26. The Morgan fingerprint density at radius 1 is 1.43 bits per heavy atom. The maximum absolute atomic E-state index is 11.0. The summed E-state index contributed by atoms with van der Waals surface area (Å²) in [5.74, 6) is -0.441. The molecule has 1 saturated heterocycles. The van der Waals surface area contributed by atoms with E-state index >= 15 is 0 Å². The number of carboxylic acids is 1. The van der Waals surface area contributed by atoms with Crippen molar-refractivity contribution in [3.8, 4) is 0 Å². The zero-order valence-electron chi connectivity index (χ0n) is 11.9. The minimum absolute atomic E-state index is 0.283. The summed E-state index contributed by atoms with van der Waals surface area (Å²) in [7, 11) is 0. The molecule has 1 aromatic heterocycles. The van der Waals surface area contributed by atoms with E-state index in [1.165, 1.54) is 6.92 Å². The van der Waals surface area contributed by atoms with Crippen LogP contribution in [-0.4, -0.2) is 64.6 Å². The SMILES string of the molecule is CC(O)C(NCc1cnc(N2CCOCC2)nc1)C(=O)O. The molecule has 116 valence electrons. The average molecular weight is 296 g/mol. The number of ether oxygens (including phenoxy) is 1. The molecule has 8 nitrogen and oxygen atoms in total. The van der Waals surface area contributed by atoms with Crippen LogP contribution in [0.4, 0.5) is 5.95 Å². The van der Waals surface area contributed by atoms with Crippen molar-refractivity contribution in [2.75, 3.05) is 31.2 Å². The van der Waals surface area contributed by atoms with Gasteiger partial charge >= 0.3 is 5.97 Å². The van der Waals surface area contributed by atoms with Crippen LogP contribution in [-0.2, 0) is 16.1 Å². The summed E-state index contributed by atoms with van der Waals surface area (Å²) in [5.41, 5.74) is 0.763. The van der Waals surface area contributed by atoms with Crippen LogP contribution in [0.5, 0.6) is 0 Å². The highest BCUT2D eigenvalue weighted by atomic mass is 16.5. The van der Waals surface area contributed by atoms with E-state index in [1.54, 1.807) is 12.4 Å². The van der Waals surface area contributed by atoms with Crippen LogP contribution < -0.4 is 10.2 Å². The number of aliphatic hydroxyl groups excluding tert-OH is 1. The van der Waals surface area contributed by atoms with Crippen molar-refractivity contribution in [3.63, 3.8) is 0 Å². The van der Waals surface area contributed by atoms with E-state index in [0.29, 0.717) is 19.2 Å². The molecule has 21 heavy (non-hydrogen) atoms. The highest BCUT2D eigenvalue weighted by Gasteiger charge is 2.22. The largest absolute Gasteiger partial charge is 0.480 e. The summed E-state index contributed by atoms with van der Waals surface area (Å²) in [6.45, 7) is 4.58. The van der Waals surface area contributed by atoms with Crippen molar-refractivity contribution in [1.82, 2.24) is 15.3 Å². The fraction of sp³-hybridized carbons (Fsp3) is 0.615. The molecule has 1 aromatic rings. The topological polar surface area (TPSA) is 108 Å². The second kappa shape index (κ2) is 7.30. The van der Waals surface area contributed by atoms with E-state index in [0.717, 1.165) is 18.7 Å². The summed E-state index contributed by atoms with van der Waals surface area (Å²) >= 11 is 0. The van der Waals surface area contributed by atoms with Crippen molar-refractivity contribution in [1.29, 1.82) is 0 Å². The minimum atomic E-state index is -1.09. The van der Waals surface area contributed by atoms with Crippen molar-refractivity contribution >= 4 is 11.9 Å². The molecule has 8 heteroatoms. The van der Waals surface area contributed by atoms with E-state index in [-0.39, 0.29) is 6.54 Å². The van der Waals surface area contributed by atoms with Gasteiger partial charge in [0.25, 0.3) is 0 Å². The molecule has 0 radical (unpaired) electrons. The number of carboxylic acid groups (broad SMARTS) is 1. The van der Waals surface area contributed by atoms with Crippen LogP contribution in [0.3, 0.4) is 0 Å². The maximum Gasteiger partial charge on any atom is 0.323 e. The Labute approximate surface area is 122 Å². The zero-order valence-corrected chi connectivity index (χ0v) is 11.9. The van der Waals surface area contributed by atoms with Crippen LogP contribution in [0.2, 0.25) is 0 Å². The third kappa shape index (κ3) is 4.35. The van der Waals surface area contributed by atoms with Crippen LogP contribution in [0.15, 0.2) is 12.4 Å². The molecule has 2 unspecified atom stereocenters. The Morgan fingerprint density at radius 3 is 2.57 bits per heavy atom. The molecule has 1 aliphatic rings. The maximum atomic E-state index is 11.0. The van der Waals surface area contributed by atoms with Gasteiger partial charge < -0.3 is 19.8 Å². The fourth-order valence-corrected chi connectivity index (χ4v) is 2.06. The molecule has 0 spiro atoms. The molecule has 2 rings (SSSR count). The predicted octanol–water partition coefficient (Wildman–Crippen LogP) is -0.763. The van der Waals surface area contributed by atoms with E-state index in [1.807, 2.05) is 4.90 Å². The quantitative estimate of drug-likeness (QED) is 0.628. The van der Waals surface area contributed by atoms with E-state index < -0.39 is 18.1 Å². The number of hydrogen-bond acceptors (Lipinski definition) is 7. The molecule has 1 aliphatic heterocycles.